The van der Waals surface area contributed by atoms with Gasteiger partial charge in [-0.25, -0.2) is 0 Å². The highest BCUT2D eigenvalue weighted by molar-refractivity contribution is 5.21. The van der Waals surface area contributed by atoms with Crippen LogP contribution in [0.1, 0.15) is 23.1 Å². The summed E-state index contributed by atoms with van der Waals surface area (Å²) in [5.41, 5.74) is 8.13. The Balaban J connectivity index is 2.11. The molecule has 3 nitrogen and oxygen atoms in total. The molecule has 0 bridgehead atoms. The van der Waals surface area contributed by atoms with E-state index in [1.165, 1.54) is 0 Å². The van der Waals surface area contributed by atoms with Crippen LogP contribution in [-0.2, 0) is 6.42 Å². The molecule has 15 heavy (non-hydrogen) atoms. The molecule has 0 saturated heterocycles. The van der Waals surface area contributed by atoms with Crippen LogP contribution in [0.2, 0.25) is 0 Å². The molecule has 2 N–H and O–H groups in total. The summed E-state index contributed by atoms with van der Waals surface area (Å²) in [4.78, 5) is 4.25. The largest absolute Gasteiger partial charge is 0.469 e. The molecule has 2 aromatic rings. The Kier molecular flexibility index (Phi) is 2.83. The van der Waals surface area contributed by atoms with Gasteiger partial charge >= 0.3 is 0 Å². The van der Waals surface area contributed by atoms with E-state index in [9.17, 15) is 0 Å². The van der Waals surface area contributed by atoms with Gasteiger partial charge in [0.2, 0.25) is 0 Å². The zero-order chi connectivity index (χ0) is 10.7. The van der Waals surface area contributed by atoms with Crippen LogP contribution in [0, 0.1) is 6.92 Å². The summed E-state index contributed by atoms with van der Waals surface area (Å²) in [6, 6.07) is 7.73. The first-order chi connectivity index (χ1) is 7.27. The zero-order valence-electron chi connectivity index (χ0n) is 8.68. The summed E-state index contributed by atoms with van der Waals surface area (Å²) in [6.07, 6.45) is 4.19. The average molecular weight is 202 g/mol. The van der Waals surface area contributed by atoms with E-state index in [2.05, 4.69) is 4.98 Å². The van der Waals surface area contributed by atoms with Gasteiger partial charge in [-0.05, 0) is 25.1 Å². The number of furan rings is 1. The smallest absolute Gasteiger partial charge is 0.105 e. The number of hydrogen-bond donors (Lipinski definition) is 1. The maximum Gasteiger partial charge on any atom is 0.105 e. The highest BCUT2D eigenvalue weighted by atomic mass is 16.3. The minimum absolute atomic E-state index is 0.0429. The number of aryl methyl sites for hydroxylation is 1. The number of nitrogens with zero attached hydrogens (tertiary/aromatic N) is 1. The fourth-order valence-corrected chi connectivity index (χ4v) is 1.63. The normalized spacial score (nSPS) is 12.7. The van der Waals surface area contributed by atoms with Crippen LogP contribution in [0.25, 0.3) is 0 Å². The maximum atomic E-state index is 6.07. The van der Waals surface area contributed by atoms with E-state index in [4.69, 9.17) is 10.2 Å². The van der Waals surface area contributed by atoms with Crippen molar-refractivity contribution in [3.8, 4) is 0 Å². The van der Waals surface area contributed by atoms with Gasteiger partial charge in [-0.1, -0.05) is 6.07 Å². The Labute approximate surface area is 88.9 Å². The van der Waals surface area contributed by atoms with Crippen molar-refractivity contribution in [2.75, 3.05) is 0 Å². The first kappa shape index (κ1) is 9.93. The van der Waals surface area contributed by atoms with Crippen LogP contribution >= 0.6 is 0 Å². The molecule has 3 heteroatoms. The van der Waals surface area contributed by atoms with Gasteiger partial charge in [0.1, 0.15) is 5.76 Å². The fourth-order valence-electron chi connectivity index (χ4n) is 1.63. The second-order valence-electron chi connectivity index (χ2n) is 3.56. The van der Waals surface area contributed by atoms with Gasteiger partial charge in [0.25, 0.3) is 0 Å². The first-order valence-corrected chi connectivity index (χ1v) is 4.97. The molecule has 0 spiro atoms. The van der Waals surface area contributed by atoms with Crippen molar-refractivity contribution in [3.05, 3.63) is 53.7 Å². The highest BCUT2D eigenvalue weighted by Gasteiger charge is 2.12. The summed E-state index contributed by atoms with van der Waals surface area (Å²) in [7, 11) is 0. The number of nitrogens with two attached hydrogens (primary N) is 1. The van der Waals surface area contributed by atoms with Crippen molar-refractivity contribution in [2.24, 2.45) is 5.73 Å². The van der Waals surface area contributed by atoms with Gasteiger partial charge in [-0.2, -0.15) is 0 Å². The van der Waals surface area contributed by atoms with Crippen molar-refractivity contribution in [2.45, 2.75) is 19.4 Å². The predicted octanol–water partition coefficient (Wildman–Crippen LogP) is 2.23. The maximum absolute atomic E-state index is 6.07. The molecule has 0 aliphatic rings. The molecular weight excluding hydrogens is 188 g/mol. The molecule has 0 aliphatic carbocycles. The van der Waals surface area contributed by atoms with Crippen LogP contribution < -0.4 is 5.73 Å². The minimum atomic E-state index is -0.0429. The molecule has 2 heterocycles. The number of aromatic nitrogens is 1. The topological polar surface area (TPSA) is 52.0 Å². The van der Waals surface area contributed by atoms with E-state index in [1.807, 2.05) is 31.2 Å². The van der Waals surface area contributed by atoms with Crippen molar-refractivity contribution >= 4 is 0 Å². The number of hydrogen-bond acceptors (Lipinski definition) is 3. The van der Waals surface area contributed by atoms with Gasteiger partial charge in [0.05, 0.1) is 6.26 Å². The average Bonchev–Trinajstić information content (AvgIpc) is 2.66. The lowest BCUT2D eigenvalue weighted by Crippen LogP contribution is -2.14. The van der Waals surface area contributed by atoms with E-state index in [-0.39, 0.29) is 6.04 Å². The van der Waals surface area contributed by atoms with Crippen molar-refractivity contribution in [3.63, 3.8) is 0 Å². The predicted molar refractivity (Wildman–Crippen MR) is 58.3 cm³/mol. The molecule has 0 radical (unpaired) electrons. The Morgan fingerprint density at radius 1 is 1.40 bits per heavy atom. The molecule has 2 aromatic heterocycles. The van der Waals surface area contributed by atoms with E-state index >= 15 is 0 Å². The summed E-state index contributed by atoms with van der Waals surface area (Å²) in [5.74, 6) is 0.887. The third-order valence-corrected chi connectivity index (χ3v) is 2.45. The zero-order valence-corrected chi connectivity index (χ0v) is 8.68. The lowest BCUT2D eigenvalue weighted by atomic mass is 10.0. The SMILES string of the molecule is Cc1occc1C(N)Cc1ccccn1. The minimum Gasteiger partial charge on any atom is -0.469 e. The fraction of sp³-hybridized carbons (Fsp3) is 0.250. The third kappa shape index (κ3) is 2.25. The molecule has 1 atom stereocenters. The molecule has 1 unspecified atom stereocenters. The highest BCUT2D eigenvalue weighted by Crippen LogP contribution is 2.19. The Bertz CT molecular complexity index is 422. The van der Waals surface area contributed by atoms with Crippen LogP contribution in [0.15, 0.2) is 41.1 Å². The van der Waals surface area contributed by atoms with Crippen molar-refractivity contribution in [1.82, 2.24) is 4.98 Å². The Morgan fingerprint density at radius 3 is 2.87 bits per heavy atom. The Hall–Kier alpha value is -1.61. The van der Waals surface area contributed by atoms with Gasteiger partial charge in [-0.15, -0.1) is 0 Å². The standard InChI is InChI=1S/C12H14N2O/c1-9-11(5-7-15-9)12(13)8-10-4-2-3-6-14-10/h2-7,12H,8,13H2,1H3. The van der Waals surface area contributed by atoms with Gasteiger partial charge in [0, 0.05) is 29.9 Å². The lowest BCUT2D eigenvalue weighted by molar-refractivity contribution is 0.523. The third-order valence-electron chi connectivity index (χ3n) is 2.45. The van der Waals surface area contributed by atoms with Crippen LogP contribution in [0.3, 0.4) is 0 Å². The van der Waals surface area contributed by atoms with E-state index in [1.54, 1.807) is 12.5 Å². The van der Waals surface area contributed by atoms with E-state index < -0.39 is 0 Å². The number of pyridine rings is 1. The molecule has 0 aliphatic heterocycles. The molecule has 0 fully saturated rings. The lowest BCUT2D eigenvalue weighted by Gasteiger charge is -2.09. The quantitative estimate of drug-likeness (QED) is 0.830. The van der Waals surface area contributed by atoms with E-state index in [0.717, 1.165) is 23.4 Å². The summed E-state index contributed by atoms with van der Waals surface area (Å²) >= 11 is 0. The van der Waals surface area contributed by atoms with E-state index in [0.29, 0.717) is 0 Å². The molecule has 0 aromatic carbocycles. The van der Waals surface area contributed by atoms with Crippen molar-refractivity contribution in [1.29, 1.82) is 0 Å². The van der Waals surface area contributed by atoms with Gasteiger partial charge < -0.3 is 10.2 Å². The van der Waals surface area contributed by atoms with Crippen molar-refractivity contribution < 1.29 is 4.42 Å². The summed E-state index contributed by atoms with van der Waals surface area (Å²) in [5, 5.41) is 0. The van der Waals surface area contributed by atoms with Gasteiger partial charge in [-0.3, -0.25) is 4.98 Å². The van der Waals surface area contributed by atoms with Crippen LogP contribution in [0.4, 0.5) is 0 Å². The summed E-state index contributed by atoms with van der Waals surface area (Å²) < 4.78 is 5.22. The van der Waals surface area contributed by atoms with Crippen LogP contribution in [-0.4, -0.2) is 4.98 Å². The molecule has 0 amide bonds. The molecular formula is C12H14N2O. The first-order valence-electron chi connectivity index (χ1n) is 4.97. The number of rotatable bonds is 3. The second-order valence-corrected chi connectivity index (χ2v) is 3.56. The monoisotopic (exact) mass is 202 g/mol. The van der Waals surface area contributed by atoms with Crippen LogP contribution in [0.5, 0.6) is 0 Å². The Morgan fingerprint density at radius 2 is 2.27 bits per heavy atom. The molecule has 2 rings (SSSR count). The summed E-state index contributed by atoms with van der Waals surface area (Å²) in [6.45, 7) is 1.92. The molecule has 0 saturated carbocycles. The second kappa shape index (κ2) is 4.28. The van der Waals surface area contributed by atoms with Gasteiger partial charge in [0.15, 0.2) is 0 Å². The molecule has 78 valence electrons.